The molecule has 0 bridgehead atoms. The minimum atomic E-state index is 0.233. The number of imidazole rings is 1. The topological polar surface area (TPSA) is 78.3 Å². The zero-order chi connectivity index (χ0) is 18.4. The van der Waals surface area contributed by atoms with Crippen molar-refractivity contribution >= 4 is 23.4 Å². The van der Waals surface area contributed by atoms with Crippen LogP contribution in [-0.4, -0.2) is 39.2 Å². The molecule has 0 aliphatic carbocycles. The van der Waals surface area contributed by atoms with Gasteiger partial charge in [-0.05, 0) is 18.2 Å². The summed E-state index contributed by atoms with van der Waals surface area (Å²) in [5.41, 5.74) is 2.88. The van der Waals surface area contributed by atoms with Gasteiger partial charge in [0.2, 0.25) is 11.7 Å². The molecule has 1 atom stereocenters. The Morgan fingerprint density at radius 2 is 2.30 bits per heavy atom. The summed E-state index contributed by atoms with van der Waals surface area (Å²) in [5.74, 6) is 1.89. The predicted octanol–water partition coefficient (Wildman–Crippen LogP) is 2.85. The Morgan fingerprint density at radius 1 is 1.37 bits per heavy atom. The summed E-state index contributed by atoms with van der Waals surface area (Å²) in [6, 6.07) is 5.75. The van der Waals surface area contributed by atoms with Crippen LogP contribution in [0.3, 0.4) is 0 Å². The molecule has 136 valence electrons. The summed E-state index contributed by atoms with van der Waals surface area (Å²) < 4.78 is 12.8. The normalized spacial score (nSPS) is 20.0. The average molecular weight is 384 g/mol. The van der Waals surface area contributed by atoms with Crippen molar-refractivity contribution in [2.24, 2.45) is 4.99 Å². The third-order valence-electron chi connectivity index (χ3n) is 4.82. The van der Waals surface area contributed by atoms with Gasteiger partial charge < -0.3 is 9.26 Å². The number of benzene rings is 1. The highest BCUT2D eigenvalue weighted by Crippen LogP contribution is 2.37. The third kappa shape index (κ3) is 2.45. The van der Waals surface area contributed by atoms with E-state index < -0.39 is 0 Å². The Labute approximate surface area is 160 Å². The second-order valence-electron chi connectivity index (χ2n) is 6.43. The van der Waals surface area contributed by atoms with Gasteiger partial charge in [0.05, 0.1) is 48.7 Å². The third-order valence-corrected chi connectivity index (χ3v) is 5.05. The van der Waals surface area contributed by atoms with Crippen molar-refractivity contribution in [3.63, 3.8) is 0 Å². The number of methoxy groups -OCH3 is 1. The fraction of sp³-hybridized carbons (Fsp3) is 0.222. The lowest BCUT2D eigenvalue weighted by Gasteiger charge is -2.25. The van der Waals surface area contributed by atoms with Crippen molar-refractivity contribution in [2.75, 3.05) is 13.7 Å². The number of fused-ring (bicyclic) bond motifs is 5. The molecule has 1 aromatic carbocycles. The van der Waals surface area contributed by atoms with Gasteiger partial charge in [-0.2, -0.15) is 9.48 Å². The van der Waals surface area contributed by atoms with E-state index in [0.717, 1.165) is 22.8 Å². The standard InChI is InChI=1S/C18H16ClN6O2/c1-26-7-4-16-22-18(23-27-16)25-6-5-21-17(25)14-3-2-12(19)8-15(14)24-11-20-9-13(24)10-25/h2-3,5-6,8-9,11H,4,7,10H2,1H3/q+1. The van der Waals surface area contributed by atoms with Gasteiger partial charge in [0.1, 0.15) is 12.7 Å². The van der Waals surface area contributed by atoms with E-state index in [2.05, 4.69) is 20.1 Å². The number of nitrogens with zero attached hydrogens (tertiary/aromatic N) is 6. The molecule has 0 fully saturated rings. The van der Waals surface area contributed by atoms with Gasteiger partial charge in [-0.3, -0.25) is 4.57 Å². The minimum absolute atomic E-state index is 0.233. The molecule has 0 amide bonds. The summed E-state index contributed by atoms with van der Waals surface area (Å²) in [7, 11) is 1.64. The van der Waals surface area contributed by atoms with E-state index in [1.165, 1.54) is 0 Å². The Kier molecular flexibility index (Phi) is 3.71. The molecular weight excluding hydrogens is 368 g/mol. The molecular formula is C18H16ClN6O2+. The minimum Gasteiger partial charge on any atom is -0.384 e. The highest BCUT2D eigenvalue weighted by Gasteiger charge is 2.47. The number of aromatic nitrogens is 4. The molecule has 0 radical (unpaired) electrons. The lowest BCUT2D eigenvalue weighted by molar-refractivity contribution is 0.192. The molecule has 0 saturated heterocycles. The molecule has 2 aromatic heterocycles. The smallest absolute Gasteiger partial charge is 0.377 e. The average Bonchev–Trinajstić information content (AvgIpc) is 3.39. The molecule has 3 aromatic rings. The van der Waals surface area contributed by atoms with Gasteiger partial charge in [-0.25, -0.2) is 4.98 Å². The number of amidine groups is 1. The van der Waals surface area contributed by atoms with Crippen molar-refractivity contribution in [2.45, 2.75) is 13.0 Å². The zero-order valence-electron chi connectivity index (χ0n) is 14.5. The molecule has 5 rings (SSSR count). The number of rotatable bonds is 4. The van der Waals surface area contributed by atoms with Crippen LogP contribution in [0.2, 0.25) is 5.02 Å². The van der Waals surface area contributed by atoms with E-state index in [1.807, 2.05) is 35.2 Å². The largest absolute Gasteiger partial charge is 0.384 e. The first-order valence-corrected chi connectivity index (χ1v) is 8.86. The number of halogens is 1. The van der Waals surface area contributed by atoms with Gasteiger partial charge in [0, 0.05) is 17.3 Å². The molecule has 8 nitrogen and oxygen atoms in total. The Balaban J connectivity index is 1.69. The van der Waals surface area contributed by atoms with Crippen LogP contribution in [-0.2, 0) is 17.7 Å². The molecule has 0 spiro atoms. The number of ether oxygens (including phenoxy) is 1. The maximum Gasteiger partial charge on any atom is 0.377 e. The van der Waals surface area contributed by atoms with E-state index in [1.54, 1.807) is 19.6 Å². The fourth-order valence-corrected chi connectivity index (χ4v) is 3.71. The first kappa shape index (κ1) is 16.4. The van der Waals surface area contributed by atoms with Crippen LogP contribution in [0.4, 0.5) is 5.95 Å². The van der Waals surface area contributed by atoms with Gasteiger partial charge in [-0.15, -0.1) is 4.98 Å². The van der Waals surface area contributed by atoms with Crippen LogP contribution in [0, 0.1) is 0 Å². The maximum atomic E-state index is 6.26. The molecule has 9 heteroatoms. The molecule has 0 N–H and O–H groups in total. The first-order valence-electron chi connectivity index (χ1n) is 8.49. The number of hydrogen-bond acceptors (Lipinski definition) is 6. The van der Waals surface area contributed by atoms with E-state index in [4.69, 9.17) is 20.9 Å². The molecule has 4 heterocycles. The quantitative estimate of drug-likeness (QED) is 0.647. The van der Waals surface area contributed by atoms with E-state index in [-0.39, 0.29) is 4.48 Å². The van der Waals surface area contributed by atoms with Crippen molar-refractivity contribution in [3.05, 3.63) is 65.3 Å². The van der Waals surface area contributed by atoms with Crippen molar-refractivity contribution < 1.29 is 9.26 Å². The van der Waals surface area contributed by atoms with Crippen LogP contribution in [0.25, 0.3) is 5.69 Å². The van der Waals surface area contributed by atoms with Crippen LogP contribution < -0.4 is 4.48 Å². The van der Waals surface area contributed by atoms with Crippen molar-refractivity contribution in [1.29, 1.82) is 0 Å². The van der Waals surface area contributed by atoms with Crippen molar-refractivity contribution in [1.82, 2.24) is 24.2 Å². The predicted molar refractivity (Wildman–Crippen MR) is 99.6 cm³/mol. The zero-order valence-corrected chi connectivity index (χ0v) is 15.3. The van der Waals surface area contributed by atoms with E-state index >= 15 is 0 Å². The monoisotopic (exact) mass is 383 g/mol. The lowest BCUT2D eigenvalue weighted by atomic mass is 10.1. The SMILES string of the molecule is COCCc1nc([N+]23C=CN=C2c2ccc(Cl)cc2-n2cncc2C3)no1. The first-order chi connectivity index (χ1) is 13.2. The maximum absolute atomic E-state index is 6.26. The summed E-state index contributed by atoms with van der Waals surface area (Å²) >= 11 is 6.26. The Bertz CT molecular complexity index is 1090. The molecule has 0 saturated carbocycles. The Hall–Kier alpha value is -2.81. The second-order valence-corrected chi connectivity index (χ2v) is 6.86. The fourth-order valence-electron chi connectivity index (χ4n) is 3.54. The number of hydrogen-bond donors (Lipinski definition) is 0. The van der Waals surface area contributed by atoms with Crippen LogP contribution in [0.15, 0.2) is 52.6 Å². The number of aliphatic imine (C=N–C) groups is 1. The summed E-state index contributed by atoms with van der Waals surface area (Å²) in [6.45, 7) is 1.08. The molecule has 2 aliphatic heterocycles. The van der Waals surface area contributed by atoms with Crippen molar-refractivity contribution in [3.8, 4) is 5.69 Å². The van der Waals surface area contributed by atoms with Gasteiger partial charge in [-0.1, -0.05) is 11.6 Å². The van der Waals surface area contributed by atoms with Crippen LogP contribution in [0.1, 0.15) is 17.1 Å². The second kappa shape index (κ2) is 6.12. The number of quaternary nitrogens is 1. The summed E-state index contributed by atoms with van der Waals surface area (Å²) in [6.07, 6.45) is 7.94. The van der Waals surface area contributed by atoms with E-state index in [0.29, 0.717) is 36.4 Å². The van der Waals surface area contributed by atoms with Gasteiger partial charge in [0.15, 0.2) is 0 Å². The summed E-state index contributed by atoms with van der Waals surface area (Å²) in [5, 5.41) is 4.91. The highest BCUT2D eigenvalue weighted by molar-refractivity contribution is 6.31. The molecule has 2 aliphatic rings. The highest BCUT2D eigenvalue weighted by atomic mass is 35.5. The van der Waals surface area contributed by atoms with Crippen LogP contribution in [0.5, 0.6) is 0 Å². The molecule has 1 unspecified atom stereocenters. The van der Waals surface area contributed by atoms with E-state index in [9.17, 15) is 0 Å². The van der Waals surface area contributed by atoms with Crippen LogP contribution >= 0.6 is 11.6 Å². The lowest BCUT2D eigenvalue weighted by Crippen LogP contribution is -2.47. The van der Waals surface area contributed by atoms with Gasteiger partial charge in [0.25, 0.3) is 0 Å². The summed E-state index contributed by atoms with van der Waals surface area (Å²) in [4.78, 5) is 13.6. The molecule has 27 heavy (non-hydrogen) atoms. The van der Waals surface area contributed by atoms with Gasteiger partial charge >= 0.3 is 5.95 Å². The Morgan fingerprint density at radius 3 is 3.19 bits per heavy atom.